The third kappa shape index (κ3) is 2.20. The van der Waals surface area contributed by atoms with Crippen LogP contribution in [-0.2, 0) is 0 Å². The van der Waals surface area contributed by atoms with Crippen molar-refractivity contribution in [1.82, 2.24) is 4.98 Å². The van der Waals surface area contributed by atoms with E-state index in [4.69, 9.17) is 5.84 Å². The monoisotopic (exact) mass is 213 g/mol. The van der Waals surface area contributed by atoms with Crippen molar-refractivity contribution in [2.45, 2.75) is 13.0 Å². The summed E-state index contributed by atoms with van der Waals surface area (Å²) >= 11 is 0. The zero-order chi connectivity index (χ0) is 11.4. The Hall–Kier alpha value is -1.87. The van der Waals surface area contributed by atoms with Gasteiger partial charge in [-0.2, -0.15) is 0 Å². The predicted molar refractivity (Wildman–Crippen MR) is 65.8 cm³/mol. The van der Waals surface area contributed by atoms with Crippen molar-refractivity contribution in [2.75, 3.05) is 5.01 Å². The lowest BCUT2D eigenvalue weighted by Crippen LogP contribution is -2.33. The summed E-state index contributed by atoms with van der Waals surface area (Å²) in [6, 6.07) is 14.0. The average Bonchev–Trinajstić information content (AvgIpc) is 2.39. The largest absolute Gasteiger partial charge is 0.304 e. The minimum Gasteiger partial charge on any atom is -0.304 e. The van der Waals surface area contributed by atoms with Gasteiger partial charge < -0.3 is 5.01 Å². The Morgan fingerprint density at radius 3 is 2.50 bits per heavy atom. The maximum Gasteiger partial charge on any atom is 0.0688 e. The van der Waals surface area contributed by atoms with Gasteiger partial charge >= 0.3 is 0 Å². The molecule has 0 saturated carbocycles. The molecule has 3 nitrogen and oxygen atoms in total. The molecular formula is C13H15N3. The molecule has 16 heavy (non-hydrogen) atoms. The molecule has 0 aliphatic rings. The van der Waals surface area contributed by atoms with Gasteiger partial charge in [0.25, 0.3) is 0 Å². The van der Waals surface area contributed by atoms with Crippen LogP contribution in [0.5, 0.6) is 0 Å². The minimum atomic E-state index is 0.107. The summed E-state index contributed by atoms with van der Waals surface area (Å²) < 4.78 is 0. The third-order valence-electron chi connectivity index (χ3n) is 2.64. The number of benzene rings is 1. The number of nitrogens with two attached hydrogens (primary N) is 1. The van der Waals surface area contributed by atoms with Gasteiger partial charge in [0.15, 0.2) is 0 Å². The molecule has 82 valence electrons. The highest BCUT2D eigenvalue weighted by molar-refractivity contribution is 5.46. The van der Waals surface area contributed by atoms with Crippen molar-refractivity contribution in [1.29, 1.82) is 0 Å². The Labute approximate surface area is 95.5 Å². The van der Waals surface area contributed by atoms with E-state index in [1.165, 1.54) is 0 Å². The lowest BCUT2D eigenvalue weighted by atomic mass is 10.1. The Morgan fingerprint density at radius 1 is 1.12 bits per heavy atom. The Kier molecular flexibility index (Phi) is 3.17. The number of para-hydroxylation sites is 1. The highest BCUT2D eigenvalue weighted by Crippen LogP contribution is 2.22. The van der Waals surface area contributed by atoms with Crippen LogP contribution in [0.25, 0.3) is 0 Å². The van der Waals surface area contributed by atoms with Gasteiger partial charge in [0, 0.05) is 12.4 Å². The van der Waals surface area contributed by atoms with Crippen molar-refractivity contribution in [3.63, 3.8) is 0 Å². The molecule has 0 spiro atoms. The van der Waals surface area contributed by atoms with Crippen LogP contribution in [0.4, 0.5) is 5.69 Å². The molecule has 1 aromatic carbocycles. The molecule has 2 aromatic rings. The third-order valence-corrected chi connectivity index (χ3v) is 2.64. The number of rotatable bonds is 3. The van der Waals surface area contributed by atoms with Gasteiger partial charge in [-0.05, 0) is 30.7 Å². The second-order valence-electron chi connectivity index (χ2n) is 3.71. The summed E-state index contributed by atoms with van der Waals surface area (Å²) in [4.78, 5) is 4.10. The number of nitrogens with zero attached hydrogens (tertiary/aromatic N) is 2. The first kappa shape index (κ1) is 10.6. The van der Waals surface area contributed by atoms with Crippen molar-refractivity contribution in [2.24, 2.45) is 5.84 Å². The molecule has 2 N–H and O–H groups in total. The summed E-state index contributed by atoms with van der Waals surface area (Å²) in [5.74, 6) is 6.08. The van der Waals surface area contributed by atoms with E-state index in [1.54, 1.807) is 11.2 Å². The van der Waals surface area contributed by atoms with Gasteiger partial charge in [-0.15, -0.1) is 0 Å². The highest BCUT2D eigenvalue weighted by atomic mass is 15.4. The first-order chi connectivity index (χ1) is 7.79. The molecule has 1 atom stereocenters. The molecule has 0 radical (unpaired) electrons. The molecule has 0 fully saturated rings. The van der Waals surface area contributed by atoms with E-state index in [2.05, 4.69) is 11.9 Å². The molecule has 0 amide bonds. The zero-order valence-corrected chi connectivity index (χ0v) is 9.25. The Balaban J connectivity index is 2.20. The van der Waals surface area contributed by atoms with E-state index < -0.39 is 0 Å². The fraction of sp³-hybridized carbons (Fsp3) is 0.154. The minimum absolute atomic E-state index is 0.107. The van der Waals surface area contributed by atoms with Crippen LogP contribution in [0.15, 0.2) is 54.9 Å². The average molecular weight is 213 g/mol. The van der Waals surface area contributed by atoms with E-state index >= 15 is 0 Å². The number of hydrogen-bond acceptors (Lipinski definition) is 3. The molecule has 2 rings (SSSR count). The second-order valence-corrected chi connectivity index (χ2v) is 3.71. The Bertz CT molecular complexity index is 384. The van der Waals surface area contributed by atoms with E-state index in [-0.39, 0.29) is 6.04 Å². The van der Waals surface area contributed by atoms with E-state index in [0.29, 0.717) is 0 Å². The molecule has 0 bridgehead atoms. The number of anilines is 1. The summed E-state index contributed by atoms with van der Waals surface area (Å²) in [5.41, 5.74) is 2.10. The first-order valence-corrected chi connectivity index (χ1v) is 5.28. The number of hydrogen-bond donors (Lipinski definition) is 1. The number of pyridine rings is 1. The summed E-state index contributed by atoms with van der Waals surface area (Å²) in [6.45, 7) is 2.06. The fourth-order valence-electron chi connectivity index (χ4n) is 1.61. The maximum absolute atomic E-state index is 6.08. The molecule has 1 heterocycles. The number of aromatic nitrogens is 1. The standard InChI is InChI=1S/C13H15N3/c1-11(12-6-5-9-15-10-12)16(14)13-7-3-2-4-8-13/h2-11H,14H2,1H3/t11-/m0/s1. The van der Waals surface area contributed by atoms with Gasteiger partial charge in [0.1, 0.15) is 0 Å². The topological polar surface area (TPSA) is 42.2 Å². The van der Waals surface area contributed by atoms with Crippen LogP contribution in [0.3, 0.4) is 0 Å². The van der Waals surface area contributed by atoms with E-state index in [9.17, 15) is 0 Å². The lowest BCUT2D eigenvalue weighted by Gasteiger charge is -2.26. The quantitative estimate of drug-likeness (QED) is 0.629. The normalized spacial score (nSPS) is 12.1. The van der Waals surface area contributed by atoms with Crippen LogP contribution in [0.2, 0.25) is 0 Å². The zero-order valence-electron chi connectivity index (χ0n) is 9.25. The van der Waals surface area contributed by atoms with Crippen molar-refractivity contribution >= 4 is 5.69 Å². The lowest BCUT2D eigenvalue weighted by molar-refractivity contribution is 0.694. The molecule has 0 saturated heterocycles. The summed E-state index contributed by atoms with van der Waals surface area (Å²) in [5, 5.41) is 1.75. The summed E-state index contributed by atoms with van der Waals surface area (Å²) in [6.07, 6.45) is 3.60. The van der Waals surface area contributed by atoms with Crippen LogP contribution in [-0.4, -0.2) is 4.98 Å². The Morgan fingerprint density at radius 2 is 1.88 bits per heavy atom. The summed E-state index contributed by atoms with van der Waals surface area (Å²) in [7, 11) is 0. The van der Waals surface area contributed by atoms with E-state index in [1.807, 2.05) is 48.7 Å². The fourth-order valence-corrected chi connectivity index (χ4v) is 1.61. The highest BCUT2D eigenvalue weighted by Gasteiger charge is 2.12. The van der Waals surface area contributed by atoms with E-state index in [0.717, 1.165) is 11.3 Å². The van der Waals surface area contributed by atoms with Crippen LogP contribution in [0.1, 0.15) is 18.5 Å². The van der Waals surface area contributed by atoms with Crippen LogP contribution < -0.4 is 10.9 Å². The van der Waals surface area contributed by atoms with Crippen LogP contribution >= 0.6 is 0 Å². The van der Waals surface area contributed by atoms with Crippen molar-refractivity contribution in [3.05, 3.63) is 60.4 Å². The molecule has 0 aliphatic heterocycles. The van der Waals surface area contributed by atoms with Crippen molar-refractivity contribution < 1.29 is 0 Å². The maximum atomic E-state index is 6.08. The number of hydrazine groups is 1. The second kappa shape index (κ2) is 4.77. The van der Waals surface area contributed by atoms with Gasteiger partial charge in [-0.3, -0.25) is 4.98 Å². The SMILES string of the molecule is C[C@@H](c1cccnc1)N(N)c1ccccc1. The molecule has 0 aliphatic carbocycles. The first-order valence-electron chi connectivity index (χ1n) is 5.28. The van der Waals surface area contributed by atoms with Gasteiger partial charge in [-0.25, -0.2) is 5.84 Å². The van der Waals surface area contributed by atoms with Gasteiger partial charge in [0.2, 0.25) is 0 Å². The van der Waals surface area contributed by atoms with Gasteiger partial charge in [-0.1, -0.05) is 24.3 Å². The van der Waals surface area contributed by atoms with Gasteiger partial charge in [0.05, 0.1) is 11.7 Å². The molecule has 0 unspecified atom stereocenters. The van der Waals surface area contributed by atoms with Crippen LogP contribution in [0, 0.1) is 0 Å². The molecule has 1 aromatic heterocycles. The smallest absolute Gasteiger partial charge is 0.0688 e. The van der Waals surface area contributed by atoms with Crippen molar-refractivity contribution in [3.8, 4) is 0 Å². The molecule has 3 heteroatoms. The molecular weight excluding hydrogens is 198 g/mol. The predicted octanol–water partition coefficient (Wildman–Crippen LogP) is 2.52.